The van der Waals surface area contributed by atoms with E-state index in [1.165, 1.54) is 0 Å². The second-order valence-corrected chi connectivity index (χ2v) is 4.75. The van der Waals surface area contributed by atoms with Gasteiger partial charge in [0.25, 0.3) is 0 Å². The van der Waals surface area contributed by atoms with Crippen molar-refractivity contribution in [3.05, 3.63) is 11.2 Å². The van der Waals surface area contributed by atoms with Crippen molar-refractivity contribution in [2.24, 2.45) is 0 Å². The SMILES string of the molecule is CCN(CC)CCCN(CC)c1cc(Cl)nc(N)n1. The van der Waals surface area contributed by atoms with Crippen LogP contribution in [-0.2, 0) is 0 Å². The Morgan fingerprint density at radius 3 is 2.32 bits per heavy atom. The summed E-state index contributed by atoms with van der Waals surface area (Å²) in [5, 5.41) is 0.393. The molecule has 6 heteroatoms. The predicted octanol–water partition coefficient (Wildman–Crippen LogP) is 2.27. The Kier molecular flexibility index (Phi) is 6.87. The van der Waals surface area contributed by atoms with Crippen LogP contribution in [0.25, 0.3) is 0 Å². The van der Waals surface area contributed by atoms with Crippen molar-refractivity contribution in [3.8, 4) is 0 Å². The minimum absolute atomic E-state index is 0.227. The van der Waals surface area contributed by atoms with Gasteiger partial charge in [-0.25, -0.2) is 4.98 Å². The summed E-state index contributed by atoms with van der Waals surface area (Å²) >= 11 is 5.91. The lowest BCUT2D eigenvalue weighted by Gasteiger charge is -2.24. The van der Waals surface area contributed by atoms with Crippen LogP contribution in [0.15, 0.2) is 6.07 Å². The van der Waals surface area contributed by atoms with Crippen LogP contribution in [-0.4, -0.2) is 47.6 Å². The number of halogens is 1. The Bertz CT molecular complexity index is 361. The zero-order valence-electron chi connectivity index (χ0n) is 12.1. The van der Waals surface area contributed by atoms with Gasteiger partial charge in [-0.3, -0.25) is 0 Å². The lowest BCUT2D eigenvalue weighted by molar-refractivity contribution is 0.300. The maximum absolute atomic E-state index is 5.91. The van der Waals surface area contributed by atoms with E-state index in [0.717, 1.165) is 45.0 Å². The van der Waals surface area contributed by atoms with Gasteiger partial charge in [-0.2, -0.15) is 4.98 Å². The fraction of sp³-hybridized carbons (Fsp3) is 0.692. The topological polar surface area (TPSA) is 58.3 Å². The number of hydrogen-bond acceptors (Lipinski definition) is 5. The van der Waals surface area contributed by atoms with Gasteiger partial charge in [0.15, 0.2) is 0 Å². The van der Waals surface area contributed by atoms with Crippen LogP contribution >= 0.6 is 11.6 Å². The van der Waals surface area contributed by atoms with Gasteiger partial charge in [0.05, 0.1) is 0 Å². The van der Waals surface area contributed by atoms with Crippen molar-refractivity contribution >= 4 is 23.4 Å². The van der Waals surface area contributed by atoms with Gasteiger partial charge in [0.2, 0.25) is 5.95 Å². The molecule has 0 spiro atoms. The molecule has 0 saturated heterocycles. The smallest absolute Gasteiger partial charge is 0.223 e. The van der Waals surface area contributed by atoms with Crippen molar-refractivity contribution in [2.75, 3.05) is 43.4 Å². The minimum atomic E-state index is 0.227. The Labute approximate surface area is 120 Å². The van der Waals surface area contributed by atoms with Crippen molar-refractivity contribution in [3.63, 3.8) is 0 Å². The molecule has 0 bridgehead atoms. The van der Waals surface area contributed by atoms with Crippen LogP contribution in [0.5, 0.6) is 0 Å². The molecule has 0 atom stereocenters. The molecular formula is C13H24ClN5. The Morgan fingerprint density at radius 2 is 1.79 bits per heavy atom. The first-order chi connectivity index (χ1) is 9.10. The molecule has 108 valence electrons. The zero-order valence-corrected chi connectivity index (χ0v) is 12.8. The van der Waals surface area contributed by atoms with Crippen molar-refractivity contribution in [2.45, 2.75) is 27.2 Å². The predicted molar refractivity (Wildman–Crippen MR) is 81.7 cm³/mol. The summed E-state index contributed by atoms with van der Waals surface area (Å²) in [7, 11) is 0. The summed E-state index contributed by atoms with van der Waals surface area (Å²) in [6.07, 6.45) is 1.09. The Morgan fingerprint density at radius 1 is 1.11 bits per heavy atom. The third-order valence-electron chi connectivity index (χ3n) is 3.20. The molecule has 0 saturated carbocycles. The van der Waals surface area contributed by atoms with E-state index in [4.69, 9.17) is 17.3 Å². The molecule has 19 heavy (non-hydrogen) atoms. The lowest BCUT2D eigenvalue weighted by atomic mass is 10.3. The number of nitrogens with two attached hydrogens (primary N) is 1. The van der Waals surface area contributed by atoms with E-state index in [0.29, 0.717) is 5.15 Å². The van der Waals surface area contributed by atoms with Crippen LogP contribution < -0.4 is 10.6 Å². The second-order valence-electron chi connectivity index (χ2n) is 4.37. The first kappa shape index (κ1) is 16.0. The Hall–Kier alpha value is -1.07. The molecule has 1 aromatic heterocycles. The van der Waals surface area contributed by atoms with Crippen molar-refractivity contribution in [1.82, 2.24) is 14.9 Å². The molecule has 0 amide bonds. The molecule has 1 aromatic rings. The van der Waals surface area contributed by atoms with Crippen LogP contribution in [0.2, 0.25) is 5.15 Å². The number of anilines is 2. The normalized spacial score (nSPS) is 11.0. The van der Waals surface area contributed by atoms with E-state index in [1.807, 2.05) is 0 Å². The van der Waals surface area contributed by atoms with Crippen LogP contribution in [0.4, 0.5) is 11.8 Å². The number of hydrogen-bond donors (Lipinski definition) is 1. The van der Waals surface area contributed by atoms with Gasteiger partial charge in [-0.1, -0.05) is 25.4 Å². The van der Waals surface area contributed by atoms with Gasteiger partial charge in [-0.05, 0) is 33.0 Å². The van der Waals surface area contributed by atoms with Crippen molar-refractivity contribution in [1.29, 1.82) is 0 Å². The van der Waals surface area contributed by atoms with E-state index >= 15 is 0 Å². The van der Waals surface area contributed by atoms with E-state index < -0.39 is 0 Å². The van der Waals surface area contributed by atoms with E-state index in [2.05, 4.69) is 40.5 Å². The van der Waals surface area contributed by atoms with E-state index in [-0.39, 0.29) is 5.95 Å². The average Bonchev–Trinajstić information content (AvgIpc) is 2.38. The first-order valence-electron chi connectivity index (χ1n) is 6.88. The number of aromatic nitrogens is 2. The lowest BCUT2D eigenvalue weighted by Crippen LogP contribution is -2.30. The molecular weight excluding hydrogens is 262 g/mol. The fourth-order valence-electron chi connectivity index (χ4n) is 2.04. The molecule has 0 aliphatic heterocycles. The molecule has 1 heterocycles. The summed E-state index contributed by atoms with van der Waals surface area (Å²) in [6.45, 7) is 11.6. The van der Waals surface area contributed by atoms with Crippen LogP contribution in [0.3, 0.4) is 0 Å². The van der Waals surface area contributed by atoms with Gasteiger partial charge in [0, 0.05) is 19.2 Å². The minimum Gasteiger partial charge on any atom is -0.368 e. The van der Waals surface area contributed by atoms with Gasteiger partial charge in [-0.15, -0.1) is 0 Å². The molecule has 0 fully saturated rings. The summed E-state index contributed by atoms with van der Waals surface area (Å²) in [5.74, 6) is 1.03. The summed E-state index contributed by atoms with van der Waals surface area (Å²) in [4.78, 5) is 12.7. The molecule has 2 N–H and O–H groups in total. The van der Waals surface area contributed by atoms with Gasteiger partial charge in [0.1, 0.15) is 11.0 Å². The monoisotopic (exact) mass is 285 g/mol. The molecule has 0 aromatic carbocycles. The maximum atomic E-state index is 5.91. The summed E-state index contributed by atoms with van der Waals surface area (Å²) in [5.41, 5.74) is 5.63. The molecule has 0 radical (unpaired) electrons. The number of nitrogens with zero attached hydrogens (tertiary/aromatic N) is 4. The van der Waals surface area contributed by atoms with Gasteiger partial charge < -0.3 is 15.5 Å². The van der Waals surface area contributed by atoms with E-state index in [1.54, 1.807) is 6.07 Å². The molecule has 5 nitrogen and oxygen atoms in total. The second kappa shape index (κ2) is 8.17. The highest BCUT2D eigenvalue weighted by Crippen LogP contribution is 2.17. The average molecular weight is 286 g/mol. The molecule has 0 unspecified atom stereocenters. The van der Waals surface area contributed by atoms with Crippen LogP contribution in [0, 0.1) is 0 Å². The largest absolute Gasteiger partial charge is 0.368 e. The molecule has 0 aliphatic rings. The maximum Gasteiger partial charge on any atom is 0.223 e. The zero-order chi connectivity index (χ0) is 14.3. The number of rotatable bonds is 8. The number of nitrogen functional groups attached to an aromatic ring is 1. The first-order valence-corrected chi connectivity index (χ1v) is 7.25. The molecule has 0 aliphatic carbocycles. The fourth-order valence-corrected chi connectivity index (χ4v) is 2.23. The van der Waals surface area contributed by atoms with E-state index in [9.17, 15) is 0 Å². The highest BCUT2D eigenvalue weighted by molar-refractivity contribution is 6.29. The third kappa shape index (κ3) is 5.20. The van der Waals surface area contributed by atoms with Gasteiger partial charge >= 0.3 is 0 Å². The van der Waals surface area contributed by atoms with Crippen LogP contribution in [0.1, 0.15) is 27.2 Å². The highest BCUT2D eigenvalue weighted by Gasteiger charge is 2.09. The quantitative estimate of drug-likeness (QED) is 0.743. The molecule has 1 rings (SSSR count). The summed E-state index contributed by atoms with van der Waals surface area (Å²) in [6, 6.07) is 1.76. The standard InChI is InChI=1S/C13H24ClN5/c1-4-18(5-2)8-7-9-19(6-3)12-10-11(14)16-13(15)17-12/h10H,4-9H2,1-3H3,(H2,15,16,17). The highest BCUT2D eigenvalue weighted by atomic mass is 35.5. The van der Waals surface area contributed by atoms with Crippen molar-refractivity contribution < 1.29 is 0 Å². The third-order valence-corrected chi connectivity index (χ3v) is 3.39. The summed E-state index contributed by atoms with van der Waals surface area (Å²) < 4.78 is 0. The Balaban J connectivity index is 2.58.